The van der Waals surface area contributed by atoms with Crippen LogP contribution in [0.4, 0.5) is 10.1 Å². The van der Waals surface area contributed by atoms with Crippen molar-refractivity contribution in [2.24, 2.45) is 0 Å². The highest BCUT2D eigenvalue weighted by molar-refractivity contribution is 7.89. The molecule has 168 valence electrons. The van der Waals surface area contributed by atoms with Gasteiger partial charge in [-0.15, -0.1) is 10.2 Å². The minimum absolute atomic E-state index is 0.142. The lowest BCUT2D eigenvalue weighted by molar-refractivity contribution is 0.102. The van der Waals surface area contributed by atoms with Crippen LogP contribution in [0.1, 0.15) is 44.7 Å². The number of aromatic nitrogens is 2. The minimum Gasteiger partial charge on any atom is -0.320 e. The molecule has 1 fully saturated rings. The Morgan fingerprint density at radius 1 is 1.19 bits per heavy atom. The molecule has 0 aliphatic carbocycles. The summed E-state index contributed by atoms with van der Waals surface area (Å²) < 4.78 is 41.4. The van der Waals surface area contributed by atoms with Gasteiger partial charge in [-0.25, -0.2) is 12.8 Å². The van der Waals surface area contributed by atoms with Crippen molar-refractivity contribution in [2.75, 3.05) is 18.4 Å². The highest BCUT2D eigenvalue weighted by Gasteiger charge is 2.33. The maximum atomic E-state index is 13.3. The maximum absolute atomic E-state index is 13.3. The summed E-state index contributed by atoms with van der Waals surface area (Å²) in [4.78, 5) is 12.8. The first-order valence-electron chi connectivity index (χ1n) is 10.2. The quantitative estimate of drug-likeness (QED) is 0.601. The number of carbonyl (C=O) groups excluding carboxylic acids is 1. The molecule has 0 saturated carbocycles. The molecule has 1 aliphatic heterocycles. The van der Waals surface area contributed by atoms with Crippen molar-refractivity contribution in [1.29, 1.82) is 0 Å². The molecule has 0 spiro atoms. The first kappa shape index (κ1) is 22.5. The molecule has 1 saturated heterocycles. The Morgan fingerprint density at radius 3 is 2.78 bits per heavy atom. The molecule has 0 bridgehead atoms. The highest BCUT2D eigenvalue weighted by atomic mass is 32.2. The van der Waals surface area contributed by atoms with E-state index in [1.807, 2.05) is 19.1 Å². The van der Waals surface area contributed by atoms with Gasteiger partial charge in [0.25, 0.3) is 5.91 Å². The molecule has 2 aromatic carbocycles. The summed E-state index contributed by atoms with van der Waals surface area (Å²) in [5.41, 5.74) is 1.93. The topological polar surface area (TPSA) is 92.3 Å². The van der Waals surface area contributed by atoms with E-state index in [2.05, 4.69) is 15.5 Å². The number of nitrogens with one attached hydrogen (secondary N) is 1. The van der Waals surface area contributed by atoms with Crippen molar-refractivity contribution in [3.05, 3.63) is 69.4 Å². The van der Waals surface area contributed by atoms with Gasteiger partial charge in [-0.1, -0.05) is 29.5 Å². The first-order valence-corrected chi connectivity index (χ1v) is 12.5. The molecule has 0 radical (unpaired) electrons. The van der Waals surface area contributed by atoms with Crippen molar-refractivity contribution < 1.29 is 17.6 Å². The molecule has 1 atom stereocenters. The number of piperidine rings is 1. The zero-order valence-corrected chi connectivity index (χ0v) is 19.3. The number of benzene rings is 2. The zero-order valence-electron chi connectivity index (χ0n) is 17.7. The molecule has 1 amide bonds. The van der Waals surface area contributed by atoms with Gasteiger partial charge in [0.2, 0.25) is 15.0 Å². The van der Waals surface area contributed by atoms with Crippen molar-refractivity contribution in [2.45, 2.75) is 37.5 Å². The molecule has 4 rings (SSSR count). The van der Waals surface area contributed by atoms with Crippen LogP contribution in [0.25, 0.3) is 0 Å². The normalized spacial score (nSPS) is 17.3. The predicted octanol–water partition coefficient (Wildman–Crippen LogP) is 4.11. The number of anilines is 1. The maximum Gasteiger partial charge on any atom is 0.286 e. The van der Waals surface area contributed by atoms with Gasteiger partial charge in [0, 0.05) is 24.7 Å². The van der Waals surface area contributed by atoms with Crippen molar-refractivity contribution in [1.82, 2.24) is 14.5 Å². The second-order valence-corrected chi connectivity index (χ2v) is 10.8. The molecule has 2 heterocycles. The van der Waals surface area contributed by atoms with Crippen LogP contribution in [-0.2, 0) is 10.0 Å². The van der Waals surface area contributed by atoms with Crippen LogP contribution in [0.15, 0.2) is 47.4 Å². The lowest BCUT2D eigenvalue weighted by atomic mass is 10.0. The Hall–Kier alpha value is -2.69. The van der Waals surface area contributed by atoms with Gasteiger partial charge >= 0.3 is 0 Å². The largest absolute Gasteiger partial charge is 0.320 e. The number of rotatable bonds is 5. The summed E-state index contributed by atoms with van der Waals surface area (Å²) in [6.07, 6.45) is 1.46. The molecule has 10 heteroatoms. The smallest absolute Gasteiger partial charge is 0.286 e. The van der Waals surface area contributed by atoms with E-state index in [9.17, 15) is 17.6 Å². The van der Waals surface area contributed by atoms with E-state index in [4.69, 9.17) is 0 Å². The van der Waals surface area contributed by atoms with Gasteiger partial charge in [-0.05, 0) is 62.1 Å². The van der Waals surface area contributed by atoms with E-state index in [-0.39, 0.29) is 17.5 Å². The average molecular weight is 475 g/mol. The summed E-state index contributed by atoms with van der Waals surface area (Å²) >= 11 is 1.14. The first-order chi connectivity index (χ1) is 15.2. The number of nitrogens with zero attached hydrogens (tertiary/aromatic N) is 3. The SMILES string of the molecule is Cc1ccc(C)c(S(=O)(=O)N2CCC[C@H](c3nnc(C(=O)Nc4cccc(F)c4)s3)C2)c1. The van der Waals surface area contributed by atoms with Crippen molar-refractivity contribution >= 4 is 33.0 Å². The molecule has 3 aromatic rings. The third-order valence-corrected chi connectivity index (χ3v) is 8.50. The molecule has 0 unspecified atom stereocenters. The van der Waals surface area contributed by atoms with Crippen LogP contribution in [0.3, 0.4) is 0 Å². The molecule has 1 aliphatic rings. The van der Waals surface area contributed by atoms with Gasteiger partial charge in [-0.3, -0.25) is 4.79 Å². The number of aryl methyl sites for hydroxylation is 2. The monoisotopic (exact) mass is 474 g/mol. The second-order valence-electron chi connectivity index (χ2n) is 7.88. The fourth-order valence-corrected chi connectivity index (χ4v) is 6.43. The van der Waals surface area contributed by atoms with E-state index < -0.39 is 21.7 Å². The average Bonchev–Trinajstić information content (AvgIpc) is 3.26. The van der Waals surface area contributed by atoms with Gasteiger partial charge in [0.1, 0.15) is 10.8 Å². The van der Waals surface area contributed by atoms with Crippen LogP contribution in [0.5, 0.6) is 0 Å². The summed E-state index contributed by atoms with van der Waals surface area (Å²) in [5, 5.41) is 11.5. The zero-order chi connectivity index (χ0) is 22.9. The van der Waals surface area contributed by atoms with Crippen LogP contribution in [-0.4, -0.2) is 41.9 Å². The molecule has 1 aromatic heterocycles. The van der Waals surface area contributed by atoms with Crippen LogP contribution in [0, 0.1) is 19.7 Å². The van der Waals surface area contributed by atoms with Gasteiger partial charge in [-0.2, -0.15) is 4.31 Å². The number of sulfonamides is 1. The summed E-state index contributed by atoms with van der Waals surface area (Å²) in [5.74, 6) is -1.07. The summed E-state index contributed by atoms with van der Waals surface area (Å²) in [6.45, 7) is 4.39. The van der Waals surface area contributed by atoms with Gasteiger partial charge in [0.05, 0.1) is 4.90 Å². The molecular formula is C22H23FN4O3S2. The van der Waals surface area contributed by atoms with E-state index >= 15 is 0 Å². The van der Waals surface area contributed by atoms with Crippen LogP contribution in [0.2, 0.25) is 0 Å². The second kappa shape index (κ2) is 9.05. The lowest BCUT2D eigenvalue weighted by Gasteiger charge is -2.31. The standard InChI is InChI=1S/C22H23FN4O3S2/c1-14-8-9-15(2)19(11-14)32(29,30)27-10-4-5-16(13-27)21-25-26-22(31-21)20(28)24-18-7-3-6-17(23)12-18/h3,6-9,11-12,16H,4-5,10,13H2,1-2H3,(H,24,28)/t16-/m0/s1. The molecule has 1 N–H and O–H groups in total. The van der Waals surface area contributed by atoms with Crippen molar-refractivity contribution in [3.8, 4) is 0 Å². The third-order valence-electron chi connectivity index (χ3n) is 5.41. The Bertz CT molecular complexity index is 1260. The van der Waals surface area contributed by atoms with Crippen molar-refractivity contribution in [3.63, 3.8) is 0 Å². The van der Waals surface area contributed by atoms with Crippen LogP contribution >= 0.6 is 11.3 Å². The molecule has 7 nitrogen and oxygen atoms in total. The summed E-state index contributed by atoms with van der Waals surface area (Å²) in [6, 6.07) is 11.0. The minimum atomic E-state index is -3.64. The predicted molar refractivity (Wildman–Crippen MR) is 121 cm³/mol. The highest BCUT2D eigenvalue weighted by Crippen LogP contribution is 2.33. The third kappa shape index (κ3) is 4.72. The number of halogens is 1. The fraction of sp³-hybridized carbons (Fsp3) is 0.318. The molecule has 32 heavy (non-hydrogen) atoms. The van der Waals surface area contributed by atoms with E-state index in [0.29, 0.717) is 34.1 Å². The van der Waals surface area contributed by atoms with E-state index in [0.717, 1.165) is 23.3 Å². The summed E-state index contributed by atoms with van der Waals surface area (Å²) in [7, 11) is -3.64. The Balaban J connectivity index is 1.50. The number of carbonyl (C=O) groups is 1. The Labute approximate surface area is 190 Å². The fourth-order valence-electron chi connectivity index (χ4n) is 3.73. The molecular weight excluding hydrogens is 451 g/mol. The van der Waals surface area contributed by atoms with E-state index in [1.54, 1.807) is 19.1 Å². The van der Waals surface area contributed by atoms with Gasteiger partial charge < -0.3 is 5.32 Å². The van der Waals surface area contributed by atoms with E-state index in [1.165, 1.54) is 22.5 Å². The van der Waals surface area contributed by atoms with Gasteiger partial charge in [0.15, 0.2) is 0 Å². The number of hydrogen-bond donors (Lipinski definition) is 1. The number of amides is 1. The lowest BCUT2D eigenvalue weighted by Crippen LogP contribution is -2.39. The van der Waals surface area contributed by atoms with Crippen LogP contribution < -0.4 is 5.32 Å². The Morgan fingerprint density at radius 2 is 2.00 bits per heavy atom. The Kier molecular flexibility index (Phi) is 6.36. The number of hydrogen-bond acceptors (Lipinski definition) is 6.